The van der Waals surface area contributed by atoms with Crippen molar-refractivity contribution in [1.29, 1.82) is 0 Å². The molecule has 11 heteroatoms. The average Bonchev–Trinajstić information content (AvgIpc) is 3.56. The van der Waals surface area contributed by atoms with Crippen LogP contribution in [0.5, 0.6) is 5.75 Å². The van der Waals surface area contributed by atoms with Crippen molar-refractivity contribution in [2.45, 2.75) is 12.6 Å². The lowest BCUT2D eigenvalue weighted by Gasteiger charge is -2.31. The van der Waals surface area contributed by atoms with Crippen molar-refractivity contribution in [3.05, 3.63) is 96.5 Å². The van der Waals surface area contributed by atoms with Crippen molar-refractivity contribution in [3.8, 4) is 17.1 Å². The lowest BCUT2D eigenvalue weighted by atomic mass is 10.1. The number of rotatable bonds is 10. The van der Waals surface area contributed by atoms with Crippen LogP contribution in [0.4, 0.5) is 21.0 Å². The van der Waals surface area contributed by atoms with E-state index >= 15 is 0 Å². The van der Waals surface area contributed by atoms with Crippen LogP contribution in [0.25, 0.3) is 11.3 Å². The van der Waals surface area contributed by atoms with Gasteiger partial charge in [0.25, 0.3) is 0 Å². The van der Waals surface area contributed by atoms with E-state index in [1.54, 1.807) is 43.6 Å². The number of alkyl carbamates (subject to hydrolysis) is 1. The Labute approximate surface area is 253 Å². The minimum Gasteiger partial charge on any atom is -0.496 e. The summed E-state index contributed by atoms with van der Waals surface area (Å²) in [6.45, 7) is 2.79. The number of hydrogen-bond acceptors (Lipinski definition) is 7. The summed E-state index contributed by atoms with van der Waals surface area (Å²) in [5.74, 6) is 7.43. The van der Waals surface area contributed by atoms with Crippen molar-refractivity contribution in [1.82, 2.24) is 15.2 Å². The number of methoxy groups -OCH3 is 1. The van der Waals surface area contributed by atoms with Gasteiger partial charge < -0.3 is 29.8 Å². The summed E-state index contributed by atoms with van der Waals surface area (Å²) in [4.78, 5) is 31.8. The van der Waals surface area contributed by atoms with Gasteiger partial charge in [-0.3, -0.25) is 4.90 Å². The molecule has 0 aliphatic carbocycles. The molecule has 224 valence electrons. The molecule has 10 nitrogen and oxygen atoms in total. The number of oxazole rings is 1. The van der Waals surface area contributed by atoms with E-state index in [0.29, 0.717) is 29.4 Å². The van der Waals surface area contributed by atoms with E-state index in [1.807, 2.05) is 42.5 Å². The maximum absolute atomic E-state index is 12.9. The van der Waals surface area contributed by atoms with Gasteiger partial charge >= 0.3 is 12.1 Å². The fraction of sp³-hybridized carbons (Fsp3) is 0.250. The molecule has 0 bridgehead atoms. The summed E-state index contributed by atoms with van der Waals surface area (Å²) < 4.78 is 16.7. The molecule has 1 aliphatic heterocycles. The number of carbonyl (C=O) groups is 2. The van der Waals surface area contributed by atoms with E-state index in [0.717, 1.165) is 41.3 Å². The quantitative estimate of drug-likeness (QED) is 0.192. The molecule has 3 amide bonds. The molecular weight excluding hydrogens is 566 g/mol. The van der Waals surface area contributed by atoms with E-state index in [4.69, 9.17) is 13.9 Å². The highest BCUT2D eigenvalue weighted by Crippen LogP contribution is 2.32. The van der Waals surface area contributed by atoms with Crippen LogP contribution >= 0.6 is 10.5 Å². The third kappa shape index (κ3) is 8.46. The highest BCUT2D eigenvalue weighted by atomic mass is 32.2. The van der Waals surface area contributed by atoms with E-state index in [1.165, 1.54) is 6.39 Å². The molecule has 4 aromatic rings. The first-order chi connectivity index (χ1) is 21.0. The molecule has 43 heavy (non-hydrogen) atoms. The van der Waals surface area contributed by atoms with E-state index in [2.05, 4.69) is 31.7 Å². The summed E-state index contributed by atoms with van der Waals surface area (Å²) in [7, 11) is 1.76. The molecule has 0 radical (unpaired) electrons. The second-order valence-corrected chi connectivity index (χ2v) is 12.1. The minimum absolute atomic E-state index is 0.219. The first kappa shape index (κ1) is 29.9. The van der Waals surface area contributed by atoms with Crippen LogP contribution in [-0.4, -0.2) is 66.1 Å². The SMILES string of the molecule is C=S1CCN(CC(OC(=O)NCc2cccc(NC(=O)Nc3ccc(-c4cnco4)c(OC)c3)c2)c2ccccc2)CC1. The van der Waals surface area contributed by atoms with Gasteiger partial charge in [0, 0.05) is 55.1 Å². The molecule has 1 aliphatic rings. The topological polar surface area (TPSA) is 118 Å². The fourth-order valence-electron chi connectivity index (χ4n) is 4.74. The number of urea groups is 1. The molecule has 1 aromatic heterocycles. The third-order valence-electron chi connectivity index (χ3n) is 7.02. The largest absolute Gasteiger partial charge is 0.496 e. The Morgan fingerprint density at radius 3 is 2.51 bits per heavy atom. The van der Waals surface area contributed by atoms with Crippen LogP contribution in [0, 0.1) is 0 Å². The Morgan fingerprint density at radius 1 is 1.02 bits per heavy atom. The number of aromatic nitrogens is 1. The van der Waals surface area contributed by atoms with Crippen LogP contribution in [-0.2, 0) is 11.3 Å². The lowest BCUT2D eigenvalue weighted by molar-refractivity contribution is 0.0715. The number of anilines is 2. The second-order valence-electron chi connectivity index (χ2n) is 10.0. The first-order valence-electron chi connectivity index (χ1n) is 13.9. The predicted molar refractivity (Wildman–Crippen MR) is 171 cm³/mol. The maximum Gasteiger partial charge on any atom is 0.408 e. The number of ether oxygens (including phenoxy) is 2. The van der Waals surface area contributed by atoms with Crippen molar-refractivity contribution in [2.24, 2.45) is 0 Å². The Morgan fingerprint density at radius 2 is 1.79 bits per heavy atom. The van der Waals surface area contributed by atoms with Gasteiger partial charge in [-0.2, -0.15) is 10.5 Å². The molecular formula is C32H35N5O5S. The molecule has 0 saturated carbocycles. The highest BCUT2D eigenvalue weighted by Gasteiger charge is 2.22. The molecule has 1 fully saturated rings. The summed E-state index contributed by atoms with van der Waals surface area (Å²) in [6.07, 6.45) is 2.06. The van der Waals surface area contributed by atoms with Crippen molar-refractivity contribution in [3.63, 3.8) is 0 Å². The first-order valence-corrected chi connectivity index (χ1v) is 15.6. The molecule has 3 N–H and O–H groups in total. The van der Waals surface area contributed by atoms with Crippen LogP contribution in [0.3, 0.4) is 0 Å². The highest BCUT2D eigenvalue weighted by molar-refractivity contribution is 8.14. The molecule has 5 rings (SSSR count). The number of hydrogen-bond donors (Lipinski definition) is 3. The van der Waals surface area contributed by atoms with Gasteiger partial charge in [-0.1, -0.05) is 48.3 Å². The van der Waals surface area contributed by atoms with Gasteiger partial charge in [0.15, 0.2) is 12.2 Å². The van der Waals surface area contributed by atoms with Crippen molar-refractivity contribution < 1.29 is 23.5 Å². The third-order valence-corrected chi connectivity index (χ3v) is 8.54. The van der Waals surface area contributed by atoms with Crippen LogP contribution in [0.1, 0.15) is 17.2 Å². The normalized spacial score (nSPS) is 14.4. The van der Waals surface area contributed by atoms with Gasteiger partial charge in [0.1, 0.15) is 11.9 Å². The smallest absolute Gasteiger partial charge is 0.408 e. The number of amides is 3. The van der Waals surface area contributed by atoms with Crippen LogP contribution in [0.2, 0.25) is 0 Å². The van der Waals surface area contributed by atoms with Gasteiger partial charge in [-0.15, -0.1) is 0 Å². The molecule has 2 heterocycles. The lowest BCUT2D eigenvalue weighted by Crippen LogP contribution is -2.38. The molecule has 3 aromatic carbocycles. The second kappa shape index (κ2) is 14.5. The van der Waals surface area contributed by atoms with E-state index in [9.17, 15) is 9.59 Å². The van der Waals surface area contributed by atoms with Gasteiger partial charge in [-0.05, 0) is 35.4 Å². The zero-order valence-corrected chi connectivity index (χ0v) is 24.8. The van der Waals surface area contributed by atoms with E-state index in [-0.39, 0.29) is 23.1 Å². The summed E-state index contributed by atoms with van der Waals surface area (Å²) in [5.41, 5.74) is 3.61. The van der Waals surface area contributed by atoms with Gasteiger partial charge in [0.2, 0.25) is 0 Å². The standard InChI is InChI=1S/C32H35N5O5S/c1-40-28-18-26(11-12-27(28)29-20-33-22-41-29)36-31(38)35-25-10-6-7-23(17-25)19-34-32(39)42-30(24-8-4-3-5-9-24)21-37-13-15-43(2)16-14-37/h3-12,17-18,20,22,30H,2,13-16,19,21H2,1H3,(H,34,39)(H2,35,36,38). The fourth-order valence-corrected chi connectivity index (χ4v) is 5.98. The van der Waals surface area contributed by atoms with Gasteiger partial charge in [0.05, 0.1) is 18.9 Å². The molecule has 1 saturated heterocycles. The zero-order valence-electron chi connectivity index (χ0n) is 24.0. The van der Waals surface area contributed by atoms with E-state index < -0.39 is 12.1 Å². The van der Waals surface area contributed by atoms with Crippen LogP contribution < -0.4 is 20.7 Å². The molecule has 1 atom stereocenters. The number of carbonyl (C=O) groups excluding carboxylic acids is 2. The number of nitrogens with one attached hydrogen (secondary N) is 3. The monoisotopic (exact) mass is 601 g/mol. The predicted octanol–water partition coefficient (Wildman–Crippen LogP) is 5.98. The molecule has 1 unspecified atom stereocenters. The number of nitrogens with zero attached hydrogens (tertiary/aromatic N) is 2. The number of benzene rings is 3. The Balaban J connectivity index is 1.15. The summed E-state index contributed by atoms with van der Waals surface area (Å²) in [6, 6.07) is 21.9. The summed E-state index contributed by atoms with van der Waals surface area (Å²) in [5, 5.41) is 8.49. The Kier molecular flexibility index (Phi) is 10.1. The van der Waals surface area contributed by atoms with Crippen molar-refractivity contribution in [2.75, 3.05) is 48.9 Å². The van der Waals surface area contributed by atoms with Crippen molar-refractivity contribution >= 4 is 39.9 Å². The summed E-state index contributed by atoms with van der Waals surface area (Å²) >= 11 is 0. The minimum atomic E-state index is -0.499. The van der Waals surface area contributed by atoms with Crippen LogP contribution in [0.15, 0.2) is 89.8 Å². The molecule has 0 spiro atoms. The average molecular weight is 602 g/mol. The maximum atomic E-state index is 12.9. The Hall–Kier alpha value is -4.61. The van der Waals surface area contributed by atoms with Gasteiger partial charge in [-0.25, -0.2) is 14.6 Å². The Bertz CT molecular complexity index is 1540. The zero-order chi connectivity index (χ0) is 30.0.